The fourth-order valence-electron chi connectivity index (χ4n) is 1.77. The van der Waals surface area contributed by atoms with Gasteiger partial charge in [-0.3, -0.25) is 0 Å². The van der Waals surface area contributed by atoms with Crippen molar-refractivity contribution in [1.82, 2.24) is 0 Å². The first-order chi connectivity index (χ1) is 7.03. The molecule has 0 bridgehead atoms. The van der Waals surface area contributed by atoms with E-state index in [1.165, 1.54) is 0 Å². The SMILES string of the molecule is COc1ccc2c(c1)OC(C)(C)[C@@H](N)C2. The summed E-state index contributed by atoms with van der Waals surface area (Å²) < 4.78 is 11.0. The van der Waals surface area contributed by atoms with Crippen molar-refractivity contribution >= 4 is 0 Å². The first kappa shape index (κ1) is 10.3. The molecule has 0 unspecified atom stereocenters. The summed E-state index contributed by atoms with van der Waals surface area (Å²) in [5, 5.41) is 0. The Balaban J connectivity index is 2.37. The van der Waals surface area contributed by atoms with E-state index in [2.05, 4.69) is 0 Å². The summed E-state index contributed by atoms with van der Waals surface area (Å²) in [6.45, 7) is 4.03. The van der Waals surface area contributed by atoms with Crippen LogP contribution in [0.2, 0.25) is 0 Å². The molecule has 0 aromatic heterocycles. The standard InChI is InChI=1S/C12H17NO2/c1-12(2)11(13)6-8-4-5-9(14-3)7-10(8)15-12/h4-5,7,11H,6,13H2,1-3H3/t11-/m0/s1. The molecule has 15 heavy (non-hydrogen) atoms. The Hall–Kier alpha value is -1.22. The molecule has 0 spiro atoms. The first-order valence-corrected chi connectivity index (χ1v) is 5.14. The van der Waals surface area contributed by atoms with Crippen molar-refractivity contribution < 1.29 is 9.47 Å². The lowest BCUT2D eigenvalue weighted by atomic mass is 9.89. The van der Waals surface area contributed by atoms with E-state index in [0.717, 1.165) is 23.5 Å². The van der Waals surface area contributed by atoms with Crippen molar-refractivity contribution in [3.8, 4) is 11.5 Å². The van der Waals surface area contributed by atoms with E-state index in [1.807, 2.05) is 32.0 Å². The lowest BCUT2D eigenvalue weighted by Gasteiger charge is -2.38. The highest BCUT2D eigenvalue weighted by Gasteiger charge is 2.34. The monoisotopic (exact) mass is 207 g/mol. The Bertz CT molecular complexity index is 374. The van der Waals surface area contributed by atoms with Gasteiger partial charge in [0.2, 0.25) is 0 Å². The van der Waals surface area contributed by atoms with Gasteiger partial charge in [-0.1, -0.05) is 6.07 Å². The number of nitrogens with two attached hydrogens (primary N) is 1. The van der Waals surface area contributed by atoms with Gasteiger partial charge in [0.05, 0.1) is 7.11 Å². The van der Waals surface area contributed by atoms with Gasteiger partial charge in [0, 0.05) is 12.1 Å². The fourth-order valence-corrected chi connectivity index (χ4v) is 1.77. The smallest absolute Gasteiger partial charge is 0.127 e. The molecule has 1 aliphatic rings. The minimum absolute atomic E-state index is 0.0402. The molecule has 0 saturated carbocycles. The Morgan fingerprint density at radius 1 is 1.47 bits per heavy atom. The average molecular weight is 207 g/mol. The number of methoxy groups -OCH3 is 1. The summed E-state index contributed by atoms with van der Waals surface area (Å²) in [6.07, 6.45) is 0.853. The summed E-state index contributed by atoms with van der Waals surface area (Å²) in [4.78, 5) is 0. The average Bonchev–Trinajstić information content (AvgIpc) is 2.18. The zero-order chi connectivity index (χ0) is 11.1. The van der Waals surface area contributed by atoms with Crippen LogP contribution in [0, 0.1) is 0 Å². The highest BCUT2D eigenvalue weighted by molar-refractivity contribution is 5.43. The molecule has 0 aliphatic carbocycles. The number of hydrogen-bond acceptors (Lipinski definition) is 3. The second-order valence-corrected chi connectivity index (χ2v) is 4.49. The third-order valence-electron chi connectivity index (χ3n) is 2.98. The van der Waals surface area contributed by atoms with Crippen molar-refractivity contribution in [2.45, 2.75) is 31.9 Å². The van der Waals surface area contributed by atoms with E-state index in [9.17, 15) is 0 Å². The number of benzene rings is 1. The van der Waals surface area contributed by atoms with Crippen molar-refractivity contribution in [2.75, 3.05) is 7.11 Å². The van der Waals surface area contributed by atoms with Gasteiger partial charge in [-0.15, -0.1) is 0 Å². The molecular weight excluding hydrogens is 190 g/mol. The zero-order valence-electron chi connectivity index (χ0n) is 9.41. The van der Waals surface area contributed by atoms with Crippen LogP contribution in [0.1, 0.15) is 19.4 Å². The minimum atomic E-state index is -0.306. The molecule has 1 aromatic carbocycles. The van der Waals surface area contributed by atoms with E-state index < -0.39 is 0 Å². The van der Waals surface area contributed by atoms with Gasteiger partial charge in [-0.25, -0.2) is 0 Å². The van der Waals surface area contributed by atoms with Crippen LogP contribution in [0.25, 0.3) is 0 Å². The second kappa shape index (κ2) is 3.42. The molecule has 3 nitrogen and oxygen atoms in total. The maximum absolute atomic E-state index is 6.04. The lowest BCUT2D eigenvalue weighted by molar-refractivity contribution is 0.0637. The van der Waals surface area contributed by atoms with E-state index >= 15 is 0 Å². The maximum Gasteiger partial charge on any atom is 0.127 e. The largest absolute Gasteiger partial charge is 0.497 e. The third-order valence-corrected chi connectivity index (χ3v) is 2.98. The van der Waals surface area contributed by atoms with Crippen LogP contribution in [-0.4, -0.2) is 18.8 Å². The van der Waals surface area contributed by atoms with Gasteiger partial charge in [0.15, 0.2) is 0 Å². The molecule has 0 fully saturated rings. The molecule has 1 atom stereocenters. The summed E-state index contributed by atoms with van der Waals surface area (Å²) >= 11 is 0. The van der Waals surface area contributed by atoms with Crippen LogP contribution in [0.5, 0.6) is 11.5 Å². The van der Waals surface area contributed by atoms with Crippen molar-refractivity contribution in [1.29, 1.82) is 0 Å². The maximum atomic E-state index is 6.04. The molecule has 3 heteroatoms. The molecule has 1 heterocycles. The predicted molar refractivity (Wildman–Crippen MR) is 59.4 cm³/mol. The molecule has 82 valence electrons. The molecule has 1 aromatic rings. The van der Waals surface area contributed by atoms with E-state index in [1.54, 1.807) is 7.11 Å². The summed E-state index contributed by atoms with van der Waals surface area (Å²) in [7, 11) is 1.65. The van der Waals surface area contributed by atoms with Gasteiger partial charge >= 0.3 is 0 Å². The first-order valence-electron chi connectivity index (χ1n) is 5.14. The Kier molecular flexibility index (Phi) is 2.35. The normalized spacial score (nSPS) is 22.8. The van der Waals surface area contributed by atoms with Crippen LogP contribution >= 0.6 is 0 Å². The summed E-state index contributed by atoms with van der Waals surface area (Å²) in [5.74, 6) is 1.71. The topological polar surface area (TPSA) is 44.5 Å². The number of hydrogen-bond donors (Lipinski definition) is 1. The Morgan fingerprint density at radius 2 is 2.20 bits per heavy atom. The van der Waals surface area contributed by atoms with Crippen molar-refractivity contribution in [2.24, 2.45) is 5.73 Å². The van der Waals surface area contributed by atoms with E-state index in [0.29, 0.717) is 0 Å². The molecule has 2 rings (SSSR count). The van der Waals surface area contributed by atoms with E-state index in [4.69, 9.17) is 15.2 Å². The summed E-state index contributed by atoms with van der Waals surface area (Å²) in [6, 6.07) is 5.91. The number of fused-ring (bicyclic) bond motifs is 1. The number of ether oxygens (including phenoxy) is 2. The van der Waals surface area contributed by atoms with Gasteiger partial charge in [0.1, 0.15) is 17.1 Å². The Morgan fingerprint density at radius 3 is 2.87 bits per heavy atom. The van der Waals surface area contributed by atoms with Gasteiger partial charge < -0.3 is 15.2 Å². The van der Waals surface area contributed by atoms with Crippen LogP contribution in [0.3, 0.4) is 0 Å². The highest BCUT2D eigenvalue weighted by Crippen LogP contribution is 2.34. The van der Waals surface area contributed by atoms with Gasteiger partial charge in [-0.2, -0.15) is 0 Å². The van der Waals surface area contributed by atoms with Crippen LogP contribution in [0.15, 0.2) is 18.2 Å². The quantitative estimate of drug-likeness (QED) is 0.762. The molecule has 2 N–H and O–H groups in total. The van der Waals surface area contributed by atoms with Gasteiger partial charge in [0.25, 0.3) is 0 Å². The van der Waals surface area contributed by atoms with Crippen LogP contribution in [0.4, 0.5) is 0 Å². The molecule has 0 saturated heterocycles. The van der Waals surface area contributed by atoms with Crippen LogP contribution in [-0.2, 0) is 6.42 Å². The van der Waals surface area contributed by atoms with Crippen LogP contribution < -0.4 is 15.2 Å². The lowest BCUT2D eigenvalue weighted by Crippen LogP contribution is -2.51. The third kappa shape index (κ3) is 1.79. The zero-order valence-corrected chi connectivity index (χ0v) is 9.41. The second-order valence-electron chi connectivity index (χ2n) is 4.49. The minimum Gasteiger partial charge on any atom is -0.497 e. The van der Waals surface area contributed by atoms with E-state index in [-0.39, 0.29) is 11.6 Å². The molecule has 0 radical (unpaired) electrons. The summed E-state index contributed by atoms with van der Waals surface area (Å²) in [5.41, 5.74) is 6.89. The molecular formula is C12H17NO2. The van der Waals surface area contributed by atoms with Crippen molar-refractivity contribution in [3.63, 3.8) is 0 Å². The fraction of sp³-hybridized carbons (Fsp3) is 0.500. The number of rotatable bonds is 1. The Labute approximate surface area is 90.2 Å². The molecule has 0 amide bonds. The van der Waals surface area contributed by atoms with Gasteiger partial charge in [-0.05, 0) is 31.9 Å². The highest BCUT2D eigenvalue weighted by atomic mass is 16.5. The molecule has 1 aliphatic heterocycles. The van der Waals surface area contributed by atoms with Crippen molar-refractivity contribution in [3.05, 3.63) is 23.8 Å². The predicted octanol–water partition coefficient (Wildman–Crippen LogP) is 1.74.